The largest absolute Gasteiger partial charge is 0.506 e. The molecule has 7 nitrogen and oxygen atoms in total. The van der Waals surface area contributed by atoms with Gasteiger partial charge in [-0.1, -0.05) is 31.2 Å². The lowest BCUT2D eigenvalue weighted by Crippen LogP contribution is -2.52. The zero-order chi connectivity index (χ0) is 22.2. The molecule has 0 spiro atoms. The number of guanidine groups is 1. The Bertz CT molecular complexity index is 913. The highest BCUT2D eigenvalue weighted by Gasteiger charge is 2.21. The molecule has 2 aromatic rings. The molecular formula is C24H34IN5O2. The number of amides is 1. The smallest absolute Gasteiger partial charge is 0.251 e. The van der Waals surface area contributed by atoms with E-state index in [-0.39, 0.29) is 35.9 Å². The van der Waals surface area contributed by atoms with Gasteiger partial charge in [-0.15, -0.1) is 24.0 Å². The van der Waals surface area contributed by atoms with E-state index in [9.17, 15) is 9.90 Å². The van der Waals surface area contributed by atoms with Crippen molar-refractivity contribution in [2.75, 3.05) is 38.1 Å². The Balaban J connectivity index is 0.00000363. The number of phenols is 1. The van der Waals surface area contributed by atoms with E-state index in [4.69, 9.17) is 0 Å². The molecule has 1 unspecified atom stereocenters. The third-order valence-electron chi connectivity index (χ3n) is 5.64. The van der Waals surface area contributed by atoms with Gasteiger partial charge in [-0.25, -0.2) is 0 Å². The number of hydrogen-bond donors (Lipinski definition) is 3. The van der Waals surface area contributed by atoms with Crippen LogP contribution in [0.25, 0.3) is 0 Å². The summed E-state index contributed by atoms with van der Waals surface area (Å²) < 4.78 is 0. The molecule has 1 heterocycles. The van der Waals surface area contributed by atoms with Crippen molar-refractivity contribution in [2.24, 2.45) is 4.99 Å². The first-order valence-electron chi connectivity index (χ1n) is 10.9. The van der Waals surface area contributed by atoms with Crippen LogP contribution in [0.1, 0.15) is 36.2 Å². The van der Waals surface area contributed by atoms with Crippen LogP contribution in [0, 0.1) is 0 Å². The number of piperazine rings is 1. The molecule has 0 aromatic heterocycles. The van der Waals surface area contributed by atoms with Crippen LogP contribution in [-0.2, 0) is 6.54 Å². The molecule has 1 atom stereocenters. The lowest BCUT2D eigenvalue weighted by Gasteiger charge is -2.37. The number of aromatic hydroxyl groups is 1. The molecule has 1 amide bonds. The Morgan fingerprint density at radius 3 is 2.50 bits per heavy atom. The van der Waals surface area contributed by atoms with Crippen LogP contribution in [0.15, 0.2) is 53.5 Å². The molecule has 0 radical (unpaired) electrons. The number of carbonyl (C=O) groups excluding carboxylic acids is 1. The SMILES string of the molecule is CCC(C)NC(=O)c1cccc(CNC(=NC)N2CCN(c3ccccc3O)CC2)c1.I. The first-order chi connectivity index (χ1) is 15.0. The average Bonchev–Trinajstić information content (AvgIpc) is 2.80. The van der Waals surface area contributed by atoms with Gasteiger partial charge in [0.05, 0.1) is 5.69 Å². The number of benzene rings is 2. The molecule has 2 aromatic carbocycles. The molecule has 1 fully saturated rings. The third kappa shape index (κ3) is 6.75. The summed E-state index contributed by atoms with van der Waals surface area (Å²) >= 11 is 0. The van der Waals surface area contributed by atoms with Gasteiger partial charge in [0, 0.05) is 51.4 Å². The maximum atomic E-state index is 12.4. The Morgan fingerprint density at radius 2 is 1.84 bits per heavy atom. The summed E-state index contributed by atoms with van der Waals surface area (Å²) in [5.74, 6) is 1.11. The number of phenolic OH excluding ortho intramolecular Hbond substituents is 1. The number of para-hydroxylation sites is 2. The summed E-state index contributed by atoms with van der Waals surface area (Å²) in [6.45, 7) is 7.89. The predicted octanol–water partition coefficient (Wildman–Crippen LogP) is 3.44. The minimum Gasteiger partial charge on any atom is -0.506 e. The fourth-order valence-corrected chi connectivity index (χ4v) is 3.64. The molecule has 174 valence electrons. The van der Waals surface area contributed by atoms with Crippen molar-refractivity contribution in [2.45, 2.75) is 32.9 Å². The van der Waals surface area contributed by atoms with Crippen molar-refractivity contribution in [1.82, 2.24) is 15.5 Å². The normalized spacial score (nSPS) is 15.0. The van der Waals surface area contributed by atoms with Crippen LogP contribution in [0.5, 0.6) is 5.75 Å². The minimum atomic E-state index is -0.0409. The van der Waals surface area contributed by atoms with E-state index in [0.717, 1.165) is 49.8 Å². The molecule has 0 aliphatic carbocycles. The van der Waals surface area contributed by atoms with Gasteiger partial charge in [0.2, 0.25) is 0 Å². The third-order valence-corrected chi connectivity index (χ3v) is 5.64. The van der Waals surface area contributed by atoms with E-state index < -0.39 is 0 Å². The summed E-state index contributed by atoms with van der Waals surface area (Å²) in [5, 5.41) is 16.5. The molecule has 1 aliphatic rings. The summed E-state index contributed by atoms with van der Waals surface area (Å²) in [7, 11) is 1.79. The zero-order valence-corrected chi connectivity index (χ0v) is 21.4. The van der Waals surface area contributed by atoms with Crippen LogP contribution < -0.4 is 15.5 Å². The first-order valence-corrected chi connectivity index (χ1v) is 10.9. The summed E-state index contributed by atoms with van der Waals surface area (Å²) in [6, 6.07) is 15.3. The first kappa shape index (κ1) is 25.8. The maximum Gasteiger partial charge on any atom is 0.251 e. The number of anilines is 1. The van der Waals surface area contributed by atoms with Crippen molar-refractivity contribution in [3.05, 3.63) is 59.7 Å². The van der Waals surface area contributed by atoms with Gasteiger partial charge < -0.3 is 25.5 Å². The van der Waals surface area contributed by atoms with E-state index in [1.54, 1.807) is 13.1 Å². The molecule has 32 heavy (non-hydrogen) atoms. The number of nitrogens with one attached hydrogen (secondary N) is 2. The van der Waals surface area contributed by atoms with Crippen molar-refractivity contribution in [3.63, 3.8) is 0 Å². The van der Waals surface area contributed by atoms with Crippen molar-refractivity contribution in [1.29, 1.82) is 0 Å². The van der Waals surface area contributed by atoms with Crippen LogP contribution in [0.2, 0.25) is 0 Å². The second kappa shape index (κ2) is 12.5. The zero-order valence-electron chi connectivity index (χ0n) is 19.0. The summed E-state index contributed by atoms with van der Waals surface area (Å²) in [6.07, 6.45) is 0.903. The highest BCUT2D eigenvalue weighted by molar-refractivity contribution is 14.0. The highest BCUT2D eigenvalue weighted by Crippen LogP contribution is 2.27. The van der Waals surface area contributed by atoms with Crippen LogP contribution in [0.4, 0.5) is 5.69 Å². The Labute approximate surface area is 207 Å². The minimum absolute atomic E-state index is 0. The van der Waals surface area contributed by atoms with E-state index in [0.29, 0.717) is 17.9 Å². The Kier molecular flexibility index (Phi) is 10.1. The van der Waals surface area contributed by atoms with Gasteiger partial charge in [0.1, 0.15) is 5.75 Å². The van der Waals surface area contributed by atoms with Gasteiger partial charge in [-0.05, 0) is 43.2 Å². The topological polar surface area (TPSA) is 80.2 Å². The second-order valence-electron chi connectivity index (χ2n) is 7.85. The van der Waals surface area contributed by atoms with E-state index in [1.165, 1.54) is 0 Å². The van der Waals surface area contributed by atoms with Gasteiger partial charge >= 0.3 is 0 Å². The molecule has 1 aliphatic heterocycles. The van der Waals surface area contributed by atoms with Gasteiger partial charge in [0.25, 0.3) is 5.91 Å². The number of rotatable bonds is 6. The Hall–Kier alpha value is -2.49. The quantitative estimate of drug-likeness (QED) is 0.291. The maximum absolute atomic E-state index is 12.4. The molecular weight excluding hydrogens is 517 g/mol. The fraction of sp³-hybridized carbons (Fsp3) is 0.417. The van der Waals surface area contributed by atoms with Crippen LogP contribution >= 0.6 is 24.0 Å². The van der Waals surface area contributed by atoms with Crippen molar-refractivity contribution < 1.29 is 9.90 Å². The summed E-state index contributed by atoms with van der Waals surface area (Å²) in [4.78, 5) is 21.2. The standard InChI is InChI=1S/C24H33N5O2.HI/c1-4-18(2)27-23(31)20-9-7-8-19(16-20)17-26-24(25-3)29-14-12-28(13-15-29)21-10-5-6-11-22(21)30;/h5-11,16,18,30H,4,12-15,17H2,1-3H3,(H,25,26)(H,27,31);1H. The van der Waals surface area contributed by atoms with Gasteiger partial charge in [-0.2, -0.15) is 0 Å². The monoisotopic (exact) mass is 551 g/mol. The molecule has 0 bridgehead atoms. The lowest BCUT2D eigenvalue weighted by atomic mass is 10.1. The van der Waals surface area contributed by atoms with E-state index >= 15 is 0 Å². The second-order valence-corrected chi connectivity index (χ2v) is 7.85. The number of halogens is 1. The van der Waals surface area contributed by atoms with Crippen LogP contribution in [-0.4, -0.2) is 61.1 Å². The fourth-order valence-electron chi connectivity index (χ4n) is 3.64. The number of aliphatic imine (C=N–C) groups is 1. The molecule has 1 saturated heterocycles. The number of hydrogen-bond acceptors (Lipinski definition) is 4. The molecule has 3 rings (SSSR count). The molecule has 8 heteroatoms. The van der Waals surface area contributed by atoms with E-state index in [2.05, 4.69) is 32.3 Å². The molecule has 0 saturated carbocycles. The number of nitrogens with zero attached hydrogens (tertiary/aromatic N) is 3. The summed E-state index contributed by atoms with van der Waals surface area (Å²) in [5.41, 5.74) is 2.58. The Morgan fingerprint density at radius 1 is 1.12 bits per heavy atom. The highest BCUT2D eigenvalue weighted by atomic mass is 127. The van der Waals surface area contributed by atoms with Crippen molar-refractivity contribution >= 4 is 41.5 Å². The molecule has 3 N–H and O–H groups in total. The van der Waals surface area contributed by atoms with Gasteiger partial charge in [-0.3, -0.25) is 9.79 Å². The predicted molar refractivity (Wildman–Crippen MR) is 141 cm³/mol. The lowest BCUT2D eigenvalue weighted by molar-refractivity contribution is 0.0939. The van der Waals surface area contributed by atoms with Gasteiger partial charge in [0.15, 0.2) is 5.96 Å². The number of carbonyl (C=O) groups is 1. The van der Waals surface area contributed by atoms with E-state index in [1.807, 2.05) is 49.4 Å². The van der Waals surface area contributed by atoms with Crippen molar-refractivity contribution in [3.8, 4) is 5.75 Å². The average molecular weight is 551 g/mol. The van der Waals surface area contributed by atoms with Crippen LogP contribution in [0.3, 0.4) is 0 Å².